The molecular formula is C12H16N2O4. The molecule has 1 aromatic rings. The van der Waals surface area contributed by atoms with Crippen molar-refractivity contribution in [2.24, 2.45) is 0 Å². The van der Waals surface area contributed by atoms with E-state index in [1.54, 1.807) is 6.92 Å². The Morgan fingerprint density at radius 1 is 1.67 bits per heavy atom. The molecular weight excluding hydrogens is 236 g/mol. The molecule has 1 aliphatic heterocycles. The minimum Gasteiger partial charge on any atom is -0.472 e. The average molecular weight is 252 g/mol. The number of nitrogens with zero attached hydrogens (tertiary/aromatic N) is 1. The summed E-state index contributed by atoms with van der Waals surface area (Å²) >= 11 is 0. The van der Waals surface area contributed by atoms with Crippen molar-refractivity contribution in [3.05, 3.63) is 17.8 Å². The molecule has 0 spiro atoms. The SMILES string of the molecule is CCOC(=O)c1cc(OC2CCOC2)ncc1N. The van der Waals surface area contributed by atoms with Gasteiger partial charge in [0.1, 0.15) is 6.10 Å². The fourth-order valence-electron chi connectivity index (χ4n) is 1.67. The number of ether oxygens (including phenoxy) is 3. The Balaban J connectivity index is 2.12. The van der Waals surface area contributed by atoms with Crippen molar-refractivity contribution in [3.63, 3.8) is 0 Å². The molecule has 98 valence electrons. The van der Waals surface area contributed by atoms with Crippen molar-refractivity contribution in [1.82, 2.24) is 4.98 Å². The van der Waals surface area contributed by atoms with Crippen LogP contribution in [0.25, 0.3) is 0 Å². The summed E-state index contributed by atoms with van der Waals surface area (Å²) < 4.78 is 15.7. The third kappa shape index (κ3) is 2.89. The first-order valence-corrected chi connectivity index (χ1v) is 5.87. The van der Waals surface area contributed by atoms with Crippen molar-refractivity contribution in [3.8, 4) is 5.88 Å². The molecule has 1 aliphatic rings. The monoisotopic (exact) mass is 252 g/mol. The molecule has 2 heterocycles. The Morgan fingerprint density at radius 3 is 3.17 bits per heavy atom. The minimum atomic E-state index is -0.468. The lowest BCUT2D eigenvalue weighted by Crippen LogP contribution is -2.17. The van der Waals surface area contributed by atoms with Gasteiger partial charge in [-0.1, -0.05) is 0 Å². The predicted octanol–water partition coefficient (Wildman–Crippen LogP) is 1.01. The largest absolute Gasteiger partial charge is 0.472 e. The maximum absolute atomic E-state index is 11.6. The lowest BCUT2D eigenvalue weighted by molar-refractivity contribution is 0.0526. The molecule has 0 aliphatic carbocycles. The number of carbonyl (C=O) groups is 1. The standard InChI is InChI=1S/C12H16N2O4/c1-2-17-12(15)9-5-11(14-6-10(9)13)18-8-3-4-16-7-8/h5-6,8H,2-4,7,13H2,1H3. The van der Waals surface area contributed by atoms with E-state index in [-0.39, 0.29) is 17.4 Å². The van der Waals surface area contributed by atoms with Gasteiger partial charge in [0.2, 0.25) is 5.88 Å². The molecule has 0 aromatic carbocycles. The van der Waals surface area contributed by atoms with Gasteiger partial charge >= 0.3 is 5.97 Å². The number of rotatable bonds is 4. The van der Waals surface area contributed by atoms with Crippen molar-refractivity contribution in [2.45, 2.75) is 19.4 Å². The second kappa shape index (κ2) is 5.68. The summed E-state index contributed by atoms with van der Waals surface area (Å²) in [6.07, 6.45) is 2.20. The number of nitrogens with two attached hydrogens (primary N) is 1. The number of pyridine rings is 1. The fraction of sp³-hybridized carbons (Fsp3) is 0.500. The van der Waals surface area contributed by atoms with Gasteiger partial charge in [-0.25, -0.2) is 9.78 Å². The number of carbonyl (C=O) groups excluding carboxylic acids is 1. The molecule has 1 atom stereocenters. The van der Waals surface area contributed by atoms with Crippen LogP contribution in [0.1, 0.15) is 23.7 Å². The van der Waals surface area contributed by atoms with Gasteiger partial charge in [0.05, 0.1) is 37.3 Å². The molecule has 2 N–H and O–H groups in total. The third-order valence-corrected chi connectivity index (χ3v) is 2.58. The summed E-state index contributed by atoms with van der Waals surface area (Å²) in [6.45, 7) is 3.26. The average Bonchev–Trinajstić information content (AvgIpc) is 2.84. The first kappa shape index (κ1) is 12.6. The normalized spacial score (nSPS) is 18.6. The Morgan fingerprint density at radius 2 is 2.50 bits per heavy atom. The number of hydrogen-bond donors (Lipinski definition) is 1. The number of esters is 1. The highest BCUT2D eigenvalue weighted by Gasteiger charge is 2.19. The Kier molecular flexibility index (Phi) is 3.99. The molecule has 18 heavy (non-hydrogen) atoms. The molecule has 2 rings (SSSR count). The van der Waals surface area contributed by atoms with Crippen LogP contribution in [0.4, 0.5) is 5.69 Å². The van der Waals surface area contributed by atoms with E-state index in [0.29, 0.717) is 25.7 Å². The highest BCUT2D eigenvalue weighted by Crippen LogP contribution is 2.20. The number of aromatic nitrogens is 1. The summed E-state index contributed by atoms with van der Waals surface area (Å²) in [6, 6.07) is 1.51. The van der Waals surface area contributed by atoms with E-state index >= 15 is 0 Å². The van der Waals surface area contributed by atoms with E-state index in [1.165, 1.54) is 12.3 Å². The zero-order valence-corrected chi connectivity index (χ0v) is 10.2. The van der Waals surface area contributed by atoms with Crippen LogP contribution in [-0.4, -0.2) is 36.9 Å². The third-order valence-electron chi connectivity index (χ3n) is 2.58. The maximum atomic E-state index is 11.6. The Labute approximate surface area is 105 Å². The molecule has 0 amide bonds. The lowest BCUT2D eigenvalue weighted by Gasteiger charge is -2.12. The molecule has 0 bridgehead atoms. The van der Waals surface area contributed by atoms with Gasteiger partial charge < -0.3 is 19.9 Å². The van der Waals surface area contributed by atoms with E-state index in [4.69, 9.17) is 19.9 Å². The summed E-state index contributed by atoms with van der Waals surface area (Å²) in [7, 11) is 0. The molecule has 1 saturated heterocycles. The molecule has 0 saturated carbocycles. The molecule has 1 unspecified atom stereocenters. The first-order valence-electron chi connectivity index (χ1n) is 5.87. The molecule has 1 aromatic heterocycles. The van der Waals surface area contributed by atoms with Gasteiger partial charge in [-0.3, -0.25) is 0 Å². The van der Waals surface area contributed by atoms with E-state index in [2.05, 4.69) is 4.98 Å². The van der Waals surface area contributed by atoms with Crippen LogP contribution in [0.15, 0.2) is 12.3 Å². The zero-order chi connectivity index (χ0) is 13.0. The van der Waals surface area contributed by atoms with Gasteiger partial charge in [0, 0.05) is 12.5 Å². The Hall–Kier alpha value is -1.82. The molecule has 0 radical (unpaired) electrons. The van der Waals surface area contributed by atoms with E-state index in [0.717, 1.165) is 6.42 Å². The highest BCUT2D eigenvalue weighted by atomic mass is 16.6. The highest BCUT2D eigenvalue weighted by molar-refractivity contribution is 5.95. The van der Waals surface area contributed by atoms with Crippen LogP contribution >= 0.6 is 0 Å². The van der Waals surface area contributed by atoms with Gasteiger partial charge in [-0.2, -0.15) is 0 Å². The van der Waals surface area contributed by atoms with Crippen LogP contribution in [0.5, 0.6) is 5.88 Å². The first-order chi connectivity index (χ1) is 8.70. The summed E-state index contributed by atoms with van der Waals surface area (Å²) in [5, 5.41) is 0. The van der Waals surface area contributed by atoms with Crippen molar-refractivity contribution < 1.29 is 19.0 Å². The lowest BCUT2D eigenvalue weighted by atomic mass is 10.2. The smallest absolute Gasteiger partial charge is 0.340 e. The van der Waals surface area contributed by atoms with Gasteiger partial charge in [0.15, 0.2) is 0 Å². The maximum Gasteiger partial charge on any atom is 0.340 e. The van der Waals surface area contributed by atoms with Crippen LogP contribution < -0.4 is 10.5 Å². The number of nitrogen functional groups attached to an aromatic ring is 1. The van der Waals surface area contributed by atoms with Crippen LogP contribution in [0.2, 0.25) is 0 Å². The fourth-order valence-corrected chi connectivity index (χ4v) is 1.67. The van der Waals surface area contributed by atoms with Gasteiger partial charge in [-0.15, -0.1) is 0 Å². The van der Waals surface area contributed by atoms with Crippen molar-refractivity contribution in [2.75, 3.05) is 25.6 Å². The zero-order valence-electron chi connectivity index (χ0n) is 10.2. The second-order valence-electron chi connectivity index (χ2n) is 3.93. The van der Waals surface area contributed by atoms with Crippen LogP contribution in [-0.2, 0) is 9.47 Å². The topological polar surface area (TPSA) is 83.7 Å². The summed E-state index contributed by atoms with van der Waals surface area (Å²) in [4.78, 5) is 15.7. The van der Waals surface area contributed by atoms with Gasteiger partial charge in [-0.05, 0) is 6.92 Å². The van der Waals surface area contributed by atoms with Crippen LogP contribution in [0, 0.1) is 0 Å². The number of anilines is 1. The molecule has 6 nitrogen and oxygen atoms in total. The summed E-state index contributed by atoms with van der Waals surface area (Å²) in [5.41, 5.74) is 6.24. The number of hydrogen-bond acceptors (Lipinski definition) is 6. The Bertz CT molecular complexity index is 430. The molecule has 6 heteroatoms. The van der Waals surface area contributed by atoms with E-state index < -0.39 is 5.97 Å². The summed E-state index contributed by atoms with van der Waals surface area (Å²) in [5.74, 6) is -0.104. The second-order valence-corrected chi connectivity index (χ2v) is 3.93. The van der Waals surface area contributed by atoms with E-state index in [1.807, 2.05) is 0 Å². The van der Waals surface area contributed by atoms with Crippen LogP contribution in [0.3, 0.4) is 0 Å². The van der Waals surface area contributed by atoms with E-state index in [9.17, 15) is 4.79 Å². The quantitative estimate of drug-likeness (QED) is 0.805. The predicted molar refractivity (Wildman–Crippen MR) is 64.5 cm³/mol. The van der Waals surface area contributed by atoms with Crippen molar-refractivity contribution in [1.29, 1.82) is 0 Å². The van der Waals surface area contributed by atoms with Crippen molar-refractivity contribution >= 4 is 11.7 Å². The molecule has 1 fully saturated rings. The minimum absolute atomic E-state index is 0.0174. The van der Waals surface area contributed by atoms with Gasteiger partial charge in [0.25, 0.3) is 0 Å².